The normalized spacial score (nSPS) is 14.5. The van der Waals surface area contributed by atoms with Gasteiger partial charge < -0.3 is 33.8 Å². The quantitative estimate of drug-likeness (QED) is 0.0222. The monoisotopic (exact) mass is 1300 g/mol. The summed E-state index contributed by atoms with van der Waals surface area (Å²) in [6.07, 6.45) is 46.1. The van der Waals surface area contributed by atoms with Gasteiger partial charge in [0.1, 0.15) is 19.3 Å². The molecule has 19 heteroatoms. The van der Waals surface area contributed by atoms with E-state index in [1.165, 1.54) is 161 Å². The van der Waals surface area contributed by atoms with E-state index >= 15 is 0 Å². The minimum Gasteiger partial charge on any atom is -0.462 e. The summed E-state index contributed by atoms with van der Waals surface area (Å²) in [5.41, 5.74) is 0. The van der Waals surface area contributed by atoms with E-state index in [1.807, 2.05) is 0 Å². The zero-order valence-electron chi connectivity index (χ0n) is 57.0. The van der Waals surface area contributed by atoms with Crippen molar-refractivity contribution in [1.29, 1.82) is 0 Å². The Morgan fingerprint density at radius 1 is 0.330 bits per heavy atom. The number of phosphoric ester groups is 2. The fourth-order valence-corrected chi connectivity index (χ4v) is 12.0. The number of esters is 4. The topological polar surface area (TPSA) is 237 Å². The highest BCUT2D eigenvalue weighted by molar-refractivity contribution is 7.47. The lowest BCUT2D eigenvalue weighted by molar-refractivity contribution is -0.161. The fraction of sp³-hybridized carbons (Fsp3) is 0.942. The molecule has 0 rings (SSSR count). The number of carbonyl (C=O) groups is 4. The largest absolute Gasteiger partial charge is 0.472 e. The van der Waals surface area contributed by atoms with Crippen molar-refractivity contribution in [2.24, 2.45) is 11.8 Å². The van der Waals surface area contributed by atoms with Gasteiger partial charge in [0.15, 0.2) is 12.2 Å². The zero-order valence-corrected chi connectivity index (χ0v) is 58.8. The first-order chi connectivity index (χ1) is 42.4. The molecule has 17 nitrogen and oxygen atoms in total. The summed E-state index contributed by atoms with van der Waals surface area (Å²) in [6.45, 7) is 9.50. The lowest BCUT2D eigenvalue weighted by Gasteiger charge is -2.21. The van der Waals surface area contributed by atoms with Crippen LogP contribution in [0.5, 0.6) is 0 Å². The van der Waals surface area contributed by atoms with Gasteiger partial charge in [-0.05, 0) is 37.5 Å². The summed E-state index contributed by atoms with van der Waals surface area (Å²) in [6, 6.07) is 0. The average molecular weight is 1300 g/mol. The summed E-state index contributed by atoms with van der Waals surface area (Å²) in [5.74, 6) is -0.531. The van der Waals surface area contributed by atoms with Crippen molar-refractivity contribution in [3.05, 3.63) is 0 Å². The number of aliphatic hydroxyl groups excluding tert-OH is 1. The third kappa shape index (κ3) is 61.6. The Morgan fingerprint density at radius 3 is 0.864 bits per heavy atom. The van der Waals surface area contributed by atoms with Gasteiger partial charge in [0, 0.05) is 25.7 Å². The van der Waals surface area contributed by atoms with Crippen molar-refractivity contribution >= 4 is 39.5 Å². The molecule has 0 radical (unpaired) electrons. The van der Waals surface area contributed by atoms with E-state index in [2.05, 4.69) is 41.5 Å². The molecule has 0 aliphatic heterocycles. The summed E-state index contributed by atoms with van der Waals surface area (Å²) in [5, 5.41) is 10.5. The number of hydrogen-bond donors (Lipinski definition) is 3. The first kappa shape index (κ1) is 86.1. The Hall–Kier alpha value is -1.94. The van der Waals surface area contributed by atoms with E-state index in [0.717, 1.165) is 108 Å². The van der Waals surface area contributed by atoms with Crippen LogP contribution < -0.4 is 0 Å². The lowest BCUT2D eigenvalue weighted by atomic mass is 9.99. The van der Waals surface area contributed by atoms with Gasteiger partial charge in [0.2, 0.25) is 0 Å². The van der Waals surface area contributed by atoms with Gasteiger partial charge in [-0.3, -0.25) is 37.3 Å². The van der Waals surface area contributed by atoms with Crippen LogP contribution in [0.15, 0.2) is 0 Å². The molecule has 0 aromatic rings. The summed E-state index contributed by atoms with van der Waals surface area (Å²) >= 11 is 0. The van der Waals surface area contributed by atoms with Crippen LogP contribution in [0, 0.1) is 11.8 Å². The Kier molecular flexibility index (Phi) is 59.9. The third-order valence-corrected chi connectivity index (χ3v) is 18.2. The van der Waals surface area contributed by atoms with E-state index < -0.39 is 97.5 Å². The third-order valence-electron chi connectivity index (χ3n) is 16.3. The van der Waals surface area contributed by atoms with E-state index in [9.17, 15) is 43.2 Å². The van der Waals surface area contributed by atoms with Crippen molar-refractivity contribution in [3.8, 4) is 0 Å². The number of unbranched alkanes of at least 4 members (excludes halogenated alkanes) is 37. The summed E-state index contributed by atoms with van der Waals surface area (Å²) in [7, 11) is -9.89. The Bertz CT molecular complexity index is 1720. The van der Waals surface area contributed by atoms with Gasteiger partial charge in [-0.15, -0.1) is 0 Å². The standard InChI is InChI=1S/C69H134O17P2/c1-7-10-12-14-15-16-17-23-30-35-41-47-53-68(73)85-64(57-79-66(71)51-45-37-13-11-8-2)59-83-87(75,76)81-55-63(70)56-82-88(77,78)84-60-65(58-80-67(72)52-46-40-34-29-26-25-27-32-38-43-49-61(4)5)86-69(74)54-48-42-36-31-24-21-19-18-20-22-28-33-39-44-50-62(6)9-3/h61-65,70H,7-60H2,1-6H3,(H,75,76)(H,77,78)/t62?,63-,64+,65+/m0/s1. The van der Waals surface area contributed by atoms with Crippen LogP contribution in [0.3, 0.4) is 0 Å². The zero-order chi connectivity index (χ0) is 65.0. The molecule has 0 aliphatic carbocycles. The predicted octanol–water partition coefficient (Wildman–Crippen LogP) is 19.6. The molecule has 0 saturated carbocycles. The molecule has 3 unspecified atom stereocenters. The van der Waals surface area contributed by atoms with Crippen LogP contribution in [0.1, 0.15) is 350 Å². The number of aliphatic hydroxyl groups is 1. The maximum Gasteiger partial charge on any atom is 0.472 e. The van der Waals surface area contributed by atoms with Gasteiger partial charge in [-0.2, -0.15) is 0 Å². The minimum atomic E-state index is -4.95. The molecular weight excluding hydrogens is 1160 g/mol. The van der Waals surface area contributed by atoms with Crippen LogP contribution in [0.25, 0.3) is 0 Å². The SMILES string of the molecule is CCCCCCCCCCCCCCC(=O)O[C@H](COC(=O)CCCCCCC)COP(=O)(O)OC[C@H](O)COP(=O)(O)OC[C@@H](COC(=O)CCCCCCCCCCCCC(C)C)OC(=O)CCCCCCCCCCCCCCCCC(C)CC. The van der Waals surface area contributed by atoms with E-state index in [4.69, 9.17) is 37.0 Å². The van der Waals surface area contributed by atoms with Gasteiger partial charge in [0.05, 0.1) is 26.4 Å². The van der Waals surface area contributed by atoms with Crippen LogP contribution in [-0.2, 0) is 65.4 Å². The first-order valence-electron chi connectivity index (χ1n) is 36.0. The Labute approximate surface area is 537 Å². The molecule has 88 heavy (non-hydrogen) atoms. The van der Waals surface area contributed by atoms with Gasteiger partial charge >= 0.3 is 39.5 Å². The Balaban J connectivity index is 5.16. The van der Waals surface area contributed by atoms with Gasteiger partial charge in [-0.1, -0.05) is 298 Å². The first-order valence-corrected chi connectivity index (χ1v) is 39.0. The smallest absolute Gasteiger partial charge is 0.462 e. The van der Waals surface area contributed by atoms with Crippen LogP contribution in [-0.4, -0.2) is 96.7 Å². The van der Waals surface area contributed by atoms with Crippen LogP contribution in [0.4, 0.5) is 0 Å². The summed E-state index contributed by atoms with van der Waals surface area (Å²) < 4.78 is 68.0. The van der Waals surface area contributed by atoms with Crippen LogP contribution >= 0.6 is 15.6 Å². The molecule has 0 spiro atoms. The van der Waals surface area contributed by atoms with Crippen LogP contribution in [0.2, 0.25) is 0 Å². The second-order valence-electron chi connectivity index (χ2n) is 25.6. The highest BCUT2D eigenvalue weighted by Crippen LogP contribution is 2.45. The minimum absolute atomic E-state index is 0.106. The van der Waals surface area contributed by atoms with E-state index in [0.29, 0.717) is 25.7 Å². The van der Waals surface area contributed by atoms with Crippen molar-refractivity contribution in [2.75, 3.05) is 39.6 Å². The number of ether oxygens (including phenoxy) is 4. The molecule has 0 saturated heterocycles. The van der Waals surface area contributed by atoms with E-state index in [1.54, 1.807) is 0 Å². The number of rotatable bonds is 68. The van der Waals surface area contributed by atoms with Crippen molar-refractivity contribution in [1.82, 2.24) is 0 Å². The Morgan fingerprint density at radius 2 is 0.580 bits per heavy atom. The van der Waals surface area contributed by atoms with Crippen molar-refractivity contribution < 1.29 is 80.2 Å². The molecule has 3 N–H and O–H groups in total. The second kappa shape index (κ2) is 61.3. The molecule has 0 aromatic carbocycles. The fourth-order valence-electron chi connectivity index (χ4n) is 10.4. The average Bonchev–Trinajstić information content (AvgIpc) is 3.71. The molecule has 0 aliphatic rings. The molecule has 0 aromatic heterocycles. The molecule has 0 bridgehead atoms. The number of hydrogen-bond acceptors (Lipinski definition) is 15. The van der Waals surface area contributed by atoms with Gasteiger partial charge in [0.25, 0.3) is 0 Å². The molecular formula is C69H134O17P2. The number of phosphoric acid groups is 2. The lowest BCUT2D eigenvalue weighted by Crippen LogP contribution is -2.30. The molecule has 6 atom stereocenters. The van der Waals surface area contributed by atoms with E-state index in [-0.39, 0.29) is 25.7 Å². The molecule has 522 valence electrons. The maximum atomic E-state index is 13.0. The van der Waals surface area contributed by atoms with Crippen molar-refractivity contribution in [3.63, 3.8) is 0 Å². The molecule has 0 amide bonds. The molecule has 0 heterocycles. The molecule has 0 fully saturated rings. The highest BCUT2D eigenvalue weighted by Gasteiger charge is 2.30. The highest BCUT2D eigenvalue weighted by atomic mass is 31.2. The van der Waals surface area contributed by atoms with Crippen molar-refractivity contribution in [2.45, 2.75) is 368 Å². The maximum absolute atomic E-state index is 13.0. The second-order valence-corrected chi connectivity index (χ2v) is 28.5. The predicted molar refractivity (Wildman–Crippen MR) is 354 cm³/mol. The summed E-state index contributed by atoms with van der Waals surface area (Å²) in [4.78, 5) is 72.2. The van der Waals surface area contributed by atoms with Gasteiger partial charge in [-0.25, -0.2) is 9.13 Å². The number of carbonyl (C=O) groups excluding carboxylic acids is 4.